The number of hydrogen-bond donors (Lipinski definition) is 0. The first-order valence-corrected chi connectivity index (χ1v) is 8.70. The van der Waals surface area contributed by atoms with Crippen molar-refractivity contribution in [3.63, 3.8) is 0 Å². The number of carbonyl (C=O) groups is 1. The SMILES string of the molecule is CC(C)C1CCN(C(=O)C2SCCc3ccccc32)C1. The standard InChI is InChI=1S/C17H23NOS/c1-12(2)14-7-9-18(11-14)17(19)16-15-6-4-3-5-13(15)8-10-20-16/h3-6,12,14,16H,7-11H2,1-2H3. The van der Waals surface area contributed by atoms with Crippen molar-refractivity contribution in [2.24, 2.45) is 11.8 Å². The van der Waals surface area contributed by atoms with Gasteiger partial charge in [-0.3, -0.25) is 4.79 Å². The summed E-state index contributed by atoms with van der Waals surface area (Å²) in [5.74, 6) is 2.77. The molecule has 2 atom stereocenters. The number of amides is 1. The van der Waals surface area contributed by atoms with E-state index < -0.39 is 0 Å². The predicted molar refractivity (Wildman–Crippen MR) is 84.9 cm³/mol. The number of thioether (sulfide) groups is 1. The largest absolute Gasteiger partial charge is 0.341 e. The monoisotopic (exact) mass is 289 g/mol. The first kappa shape index (κ1) is 14.0. The van der Waals surface area contributed by atoms with Crippen molar-refractivity contribution in [1.29, 1.82) is 0 Å². The minimum absolute atomic E-state index is 0.0332. The van der Waals surface area contributed by atoms with Crippen LogP contribution in [0.25, 0.3) is 0 Å². The molecule has 108 valence electrons. The van der Waals surface area contributed by atoms with E-state index >= 15 is 0 Å². The van der Waals surface area contributed by atoms with Crippen LogP contribution in [0.4, 0.5) is 0 Å². The van der Waals surface area contributed by atoms with Gasteiger partial charge in [0.25, 0.3) is 0 Å². The van der Waals surface area contributed by atoms with Crippen LogP contribution in [0.3, 0.4) is 0 Å². The van der Waals surface area contributed by atoms with Crippen molar-refractivity contribution >= 4 is 17.7 Å². The maximum Gasteiger partial charge on any atom is 0.240 e. The summed E-state index contributed by atoms with van der Waals surface area (Å²) in [7, 11) is 0. The third-order valence-electron chi connectivity index (χ3n) is 4.70. The second kappa shape index (κ2) is 5.80. The Kier molecular flexibility index (Phi) is 4.06. The molecule has 3 heteroatoms. The average Bonchev–Trinajstić information content (AvgIpc) is 2.96. The fourth-order valence-electron chi connectivity index (χ4n) is 3.30. The van der Waals surface area contributed by atoms with E-state index in [1.807, 2.05) is 11.8 Å². The summed E-state index contributed by atoms with van der Waals surface area (Å²) >= 11 is 1.82. The Morgan fingerprint density at radius 3 is 2.90 bits per heavy atom. The summed E-state index contributed by atoms with van der Waals surface area (Å²) in [4.78, 5) is 14.9. The van der Waals surface area contributed by atoms with Crippen molar-refractivity contribution in [2.75, 3.05) is 18.8 Å². The number of carbonyl (C=O) groups excluding carboxylic acids is 1. The van der Waals surface area contributed by atoms with Gasteiger partial charge < -0.3 is 4.90 Å². The van der Waals surface area contributed by atoms with Gasteiger partial charge in [-0.05, 0) is 41.6 Å². The lowest BCUT2D eigenvalue weighted by atomic mass is 9.95. The molecule has 3 rings (SSSR count). The molecule has 2 unspecified atom stereocenters. The van der Waals surface area contributed by atoms with Crippen molar-refractivity contribution in [1.82, 2.24) is 4.90 Å². The van der Waals surface area contributed by atoms with Crippen molar-refractivity contribution in [3.05, 3.63) is 35.4 Å². The lowest BCUT2D eigenvalue weighted by Gasteiger charge is -2.28. The molecule has 2 aliphatic heterocycles. The number of benzene rings is 1. The lowest BCUT2D eigenvalue weighted by Crippen LogP contribution is -2.34. The second-order valence-corrected chi connectivity index (χ2v) is 7.49. The zero-order valence-corrected chi connectivity index (χ0v) is 13.2. The Bertz CT molecular complexity index is 500. The molecule has 0 N–H and O–H groups in total. The zero-order valence-electron chi connectivity index (χ0n) is 12.3. The van der Waals surface area contributed by atoms with Gasteiger partial charge >= 0.3 is 0 Å². The van der Waals surface area contributed by atoms with Gasteiger partial charge in [-0.25, -0.2) is 0 Å². The molecular formula is C17H23NOS. The molecule has 1 saturated heterocycles. The molecule has 1 aromatic carbocycles. The molecule has 1 amide bonds. The number of nitrogens with zero attached hydrogens (tertiary/aromatic N) is 1. The van der Waals surface area contributed by atoms with Crippen LogP contribution in [0.2, 0.25) is 0 Å². The smallest absolute Gasteiger partial charge is 0.240 e. The van der Waals surface area contributed by atoms with E-state index in [-0.39, 0.29) is 5.25 Å². The van der Waals surface area contributed by atoms with Gasteiger partial charge in [0, 0.05) is 13.1 Å². The summed E-state index contributed by atoms with van der Waals surface area (Å²) in [6.07, 6.45) is 2.27. The van der Waals surface area contributed by atoms with Crippen LogP contribution in [-0.2, 0) is 11.2 Å². The Labute approximate surface area is 125 Å². The highest BCUT2D eigenvalue weighted by Crippen LogP contribution is 2.39. The highest BCUT2D eigenvalue weighted by molar-refractivity contribution is 8.00. The van der Waals surface area contributed by atoms with Gasteiger partial charge in [0.15, 0.2) is 0 Å². The lowest BCUT2D eigenvalue weighted by molar-refractivity contribution is -0.129. The number of rotatable bonds is 2. The maximum absolute atomic E-state index is 12.8. The van der Waals surface area contributed by atoms with Crippen molar-refractivity contribution in [3.8, 4) is 0 Å². The van der Waals surface area contributed by atoms with E-state index in [1.165, 1.54) is 17.5 Å². The predicted octanol–water partition coefficient (Wildman–Crippen LogP) is 3.52. The highest BCUT2D eigenvalue weighted by atomic mass is 32.2. The zero-order chi connectivity index (χ0) is 14.1. The number of hydrogen-bond acceptors (Lipinski definition) is 2. The quantitative estimate of drug-likeness (QED) is 0.830. The van der Waals surface area contributed by atoms with E-state index in [4.69, 9.17) is 0 Å². The minimum atomic E-state index is 0.0332. The number of aryl methyl sites for hydroxylation is 1. The Hall–Kier alpha value is -0.960. The topological polar surface area (TPSA) is 20.3 Å². The maximum atomic E-state index is 12.8. The molecule has 20 heavy (non-hydrogen) atoms. The minimum Gasteiger partial charge on any atom is -0.341 e. The first-order chi connectivity index (χ1) is 9.66. The molecule has 0 aliphatic carbocycles. The molecule has 2 heterocycles. The third-order valence-corrected chi connectivity index (χ3v) is 5.93. The van der Waals surface area contributed by atoms with E-state index in [0.29, 0.717) is 17.7 Å². The van der Waals surface area contributed by atoms with Gasteiger partial charge in [0.2, 0.25) is 5.91 Å². The molecule has 0 saturated carbocycles. The van der Waals surface area contributed by atoms with Gasteiger partial charge in [0.05, 0.1) is 0 Å². The van der Waals surface area contributed by atoms with Gasteiger partial charge in [0.1, 0.15) is 5.25 Å². The van der Waals surface area contributed by atoms with Crippen molar-refractivity contribution < 1.29 is 4.79 Å². The van der Waals surface area contributed by atoms with Crippen LogP contribution < -0.4 is 0 Å². The molecule has 1 fully saturated rings. The normalized spacial score (nSPS) is 25.9. The summed E-state index contributed by atoms with van der Waals surface area (Å²) in [6, 6.07) is 8.46. The second-order valence-electron chi connectivity index (χ2n) is 6.28. The molecular weight excluding hydrogens is 266 g/mol. The highest BCUT2D eigenvalue weighted by Gasteiger charge is 2.34. The van der Waals surface area contributed by atoms with Gasteiger partial charge in [-0.2, -0.15) is 0 Å². The molecule has 0 bridgehead atoms. The van der Waals surface area contributed by atoms with Gasteiger partial charge in [-0.15, -0.1) is 11.8 Å². The fraction of sp³-hybridized carbons (Fsp3) is 0.588. The van der Waals surface area contributed by atoms with E-state index in [1.54, 1.807) is 0 Å². The summed E-state index contributed by atoms with van der Waals surface area (Å²) in [5, 5.41) is 0.0332. The summed E-state index contributed by atoms with van der Waals surface area (Å²) in [5.41, 5.74) is 2.62. The first-order valence-electron chi connectivity index (χ1n) is 7.65. The summed E-state index contributed by atoms with van der Waals surface area (Å²) in [6.45, 7) is 6.43. The summed E-state index contributed by atoms with van der Waals surface area (Å²) < 4.78 is 0. The Balaban J connectivity index is 1.76. The molecule has 2 nitrogen and oxygen atoms in total. The average molecular weight is 289 g/mol. The molecule has 2 aliphatic rings. The number of likely N-dealkylation sites (tertiary alicyclic amines) is 1. The van der Waals surface area contributed by atoms with Crippen LogP contribution in [0.1, 0.15) is 36.6 Å². The van der Waals surface area contributed by atoms with E-state index in [9.17, 15) is 4.79 Å². The third kappa shape index (κ3) is 2.60. The Morgan fingerprint density at radius 1 is 1.35 bits per heavy atom. The van der Waals surface area contributed by atoms with Crippen LogP contribution in [-0.4, -0.2) is 29.6 Å². The van der Waals surface area contributed by atoms with Crippen LogP contribution >= 0.6 is 11.8 Å². The number of fused-ring (bicyclic) bond motifs is 1. The molecule has 0 spiro atoms. The van der Waals surface area contributed by atoms with Crippen LogP contribution in [0.15, 0.2) is 24.3 Å². The molecule has 0 aromatic heterocycles. The van der Waals surface area contributed by atoms with E-state index in [0.717, 1.165) is 25.3 Å². The molecule has 0 radical (unpaired) electrons. The van der Waals surface area contributed by atoms with Crippen LogP contribution in [0, 0.1) is 11.8 Å². The molecule has 1 aromatic rings. The fourth-order valence-corrected chi connectivity index (χ4v) is 4.57. The van der Waals surface area contributed by atoms with E-state index in [2.05, 4.69) is 43.0 Å². The van der Waals surface area contributed by atoms with Crippen molar-refractivity contribution in [2.45, 2.75) is 31.9 Å². The van der Waals surface area contributed by atoms with Crippen LogP contribution in [0.5, 0.6) is 0 Å². The Morgan fingerprint density at radius 2 is 2.15 bits per heavy atom. The van der Waals surface area contributed by atoms with Gasteiger partial charge in [-0.1, -0.05) is 38.1 Å².